The number of amides is 4. The van der Waals surface area contributed by atoms with E-state index in [4.69, 9.17) is 9.47 Å². The van der Waals surface area contributed by atoms with Gasteiger partial charge in [0.1, 0.15) is 24.2 Å². The Morgan fingerprint density at radius 3 is 2.31 bits per heavy atom. The molecule has 0 aromatic rings. The summed E-state index contributed by atoms with van der Waals surface area (Å²) in [4.78, 5) is 107. The lowest BCUT2D eigenvalue weighted by Crippen LogP contribution is -2.65. The number of ether oxygens (including phenoxy) is 2. The Morgan fingerprint density at radius 1 is 0.968 bits per heavy atom. The van der Waals surface area contributed by atoms with Gasteiger partial charge in [-0.3, -0.25) is 28.8 Å². The zero-order chi connectivity index (χ0) is 46.1. The van der Waals surface area contributed by atoms with Gasteiger partial charge in [-0.25, -0.2) is 9.59 Å². The normalized spacial score (nSPS) is 33.1. The number of likely N-dealkylation sites (tertiary alicyclic amines) is 1. The van der Waals surface area contributed by atoms with E-state index in [9.17, 15) is 48.6 Å². The molecule has 4 aliphatic carbocycles. The summed E-state index contributed by atoms with van der Waals surface area (Å²) in [5.74, 6) is -6.58. The van der Waals surface area contributed by atoms with Crippen LogP contribution in [0.15, 0.2) is 23.8 Å². The maximum atomic E-state index is 14.0. The summed E-state index contributed by atoms with van der Waals surface area (Å²) < 4.78 is 11.5. The Hall–Kier alpha value is -4.44. The minimum atomic E-state index is -2.13. The molecule has 4 amide bonds. The minimum Gasteiger partial charge on any atom is -0.455 e. The van der Waals surface area contributed by atoms with Gasteiger partial charge >= 0.3 is 17.9 Å². The summed E-state index contributed by atoms with van der Waals surface area (Å²) in [6.07, 6.45) is 5.63. The monoisotopic (exact) mass is 868 g/mol. The lowest BCUT2D eigenvalue weighted by atomic mass is 9.44. The number of fused-ring (bicyclic) bond motifs is 5. The topological polar surface area (TPSA) is 235 Å². The number of carbonyl (C=O) groups is 8. The Bertz CT molecular complexity index is 1860. The van der Waals surface area contributed by atoms with E-state index in [1.165, 1.54) is 24.8 Å². The Kier molecular flexibility index (Phi) is 15.0. The molecule has 16 nitrogen and oxygen atoms in total. The van der Waals surface area contributed by atoms with Crippen LogP contribution in [0, 0.1) is 40.4 Å². The number of rotatable bonds is 15. The standard InChI is InChI=1S/C46H68N4O12/c1-10-12-15-34(53)47-26(6)39(56)48-27(7)41(58)50-20-13-14-32(50)40(57)49-37(24(3)4)42(59)61-43(60)38(55)46(62-35(54)11-2)19-17-30-29-21-25(5)31-22-28(51)16-18-44(31,8)36(29)33(52)23-45(30,46)9/h16,18,22,24-27,29-30,32-33,36-38,52,55H,10-15,17,19-21,23H2,1-9H3,(H,47,53)(H,48,56)(H,49,57)/t25?,26-,27-,29-,30-,32+,33?,36+,37-,38?,44-,45-,46-/m0/s1. The van der Waals surface area contributed by atoms with Crippen molar-refractivity contribution in [3.8, 4) is 0 Å². The summed E-state index contributed by atoms with van der Waals surface area (Å²) in [6.45, 7) is 15.9. The Balaban J connectivity index is 1.29. The van der Waals surface area contributed by atoms with Gasteiger partial charge in [0.2, 0.25) is 23.6 Å². The summed E-state index contributed by atoms with van der Waals surface area (Å²) >= 11 is 0. The van der Waals surface area contributed by atoms with E-state index < -0.39 is 94.4 Å². The van der Waals surface area contributed by atoms with Crippen LogP contribution in [0.4, 0.5) is 0 Å². The fourth-order valence-electron chi connectivity index (χ4n) is 11.5. The van der Waals surface area contributed by atoms with E-state index in [1.807, 2.05) is 26.8 Å². The molecule has 0 spiro atoms. The summed E-state index contributed by atoms with van der Waals surface area (Å²) in [7, 11) is 0. The fourth-order valence-corrected chi connectivity index (χ4v) is 11.5. The van der Waals surface area contributed by atoms with Gasteiger partial charge in [-0.2, -0.15) is 0 Å². The van der Waals surface area contributed by atoms with Crippen molar-refractivity contribution in [1.29, 1.82) is 0 Å². The molecular formula is C46H68N4O12. The van der Waals surface area contributed by atoms with Gasteiger partial charge < -0.3 is 40.5 Å². The van der Waals surface area contributed by atoms with E-state index in [-0.39, 0.29) is 74.0 Å². The van der Waals surface area contributed by atoms with Crippen molar-refractivity contribution in [3.63, 3.8) is 0 Å². The fraction of sp³-hybridized carbons (Fsp3) is 0.739. The molecular weight excluding hydrogens is 801 g/mol. The van der Waals surface area contributed by atoms with Crippen LogP contribution >= 0.6 is 0 Å². The van der Waals surface area contributed by atoms with Crippen LogP contribution in [-0.4, -0.2) is 111 Å². The molecule has 1 saturated heterocycles. The van der Waals surface area contributed by atoms with Crippen molar-refractivity contribution in [2.24, 2.45) is 40.4 Å². The molecule has 13 atom stereocenters. The van der Waals surface area contributed by atoms with E-state index in [2.05, 4.69) is 22.9 Å². The first-order valence-electron chi connectivity index (χ1n) is 22.6. The number of unbranched alkanes of at least 4 members (excludes halogenated alkanes) is 1. The summed E-state index contributed by atoms with van der Waals surface area (Å²) in [5, 5.41) is 31.9. The molecule has 5 N–H and O–H groups in total. The number of ketones is 1. The van der Waals surface area contributed by atoms with Gasteiger partial charge in [0.05, 0.1) is 6.10 Å². The van der Waals surface area contributed by atoms with Gasteiger partial charge in [0.15, 0.2) is 17.5 Å². The highest BCUT2D eigenvalue weighted by Crippen LogP contribution is 2.69. The number of allylic oxidation sites excluding steroid dienone is 4. The lowest BCUT2D eigenvalue weighted by molar-refractivity contribution is -0.227. The highest BCUT2D eigenvalue weighted by Gasteiger charge is 2.71. The number of hydrogen-bond acceptors (Lipinski definition) is 12. The number of esters is 3. The summed E-state index contributed by atoms with van der Waals surface area (Å²) in [6, 6.07) is -4.31. The molecule has 0 radical (unpaired) electrons. The van der Waals surface area contributed by atoms with Gasteiger partial charge in [-0.1, -0.05) is 66.5 Å². The first-order valence-corrected chi connectivity index (χ1v) is 22.6. The smallest absolute Gasteiger partial charge is 0.346 e. The van der Waals surface area contributed by atoms with E-state index in [1.54, 1.807) is 26.8 Å². The molecule has 3 saturated carbocycles. The number of aliphatic hydroxyl groups is 2. The number of aliphatic hydroxyl groups excluding tert-OH is 2. The molecule has 62 heavy (non-hydrogen) atoms. The minimum absolute atomic E-state index is 0.00314. The van der Waals surface area contributed by atoms with Gasteiger partial charge in [0, 0.05) is 36.1 Å². The molecule has 1 heterocycles. The average molecular weight is 869 g/mol. The third-order valence-electron chi connectivity index (χ3n) is 14.8. The number of nitrogens with one attached hydrogen (secondary N) is 3. The molecule has 1 aliphatic heterocycles. The predicted molar refractivity (Wildman–Crippen MR) is 225 cm³/mol. The highest BCUT2D eigenvalue weighted by atomic mass is 16.6. The quantitative estimate of drug-likeness (QED) is 0.118. The molecule has 4 fully saturated rings. The van der Waals surface area contributed by atoms with Crippen LogP contribution in [0.1, 0.15) is 127 Å². The van der Waals surface area contributed by atoms with Crippen molar-refractivity contribution in [2.75, 3.05) is 6.54 Å². The maximum Gasteiger partial charge on any atom is 0.346 e. The van der Waals surface area contributed by atoms with E-state index in [0.29, 0.717) is 25.7 Å². The number of nitrogens with zero attached hydrogens (tertiary/aromatic N) is 1. The van der Waals surface area contributed by atoms with E-state index >= 15 is 0 Å². The van der Waals surface area contributed by atoms with Crippen LogP contribution in [0.3, 0.4) is 0 Å². The second-order valence-corrected chi connectivity index (χ2v) is 19.2. The predicted octanol–water partition coefficient (Wildman–Crippen LogP) is 2.97. The number of carbonyl (C=O) groups excluding carboxylic acids is 8. The molecule has 16 heteroatoms. The third kappa shape index (κ3) is 9.13. The molecule has 5 rings (SSSR count). The van der Waals surface area contributed by atoms with Crippen LogP contribution in [0.5, 0.6) is 0 Å². The van der Waals surface area contributed by atoms with Gasteiger partial charge in [0.25, 0.3) is 0 Å². The molecule has 5 aliphatic rings. The highest BCUT2D eigenvalue weighted by molar-refractivity contribution is 6.01. The Morgan fingerprint density at radius 2 is 1.66 bits per heavy atom. The summed E-state index contributed by atoms with van der Waals surface area (Å²) in [5.41, 5.74) is -2.64. The van der Waals surface area contributed by atoms with Crippen LogP contribution in [0.25, 0.3) is 0 Å². The van der Waals surface area contributed by atoms with Crippen molar-refractivity contribution in [3.05, 3.63) is 23.8 Å². The first-order chi connectivity index (χ1) is 29.1. The first kappa shape index (κ1) is 48.6. The largest absolute Gasteiger partial charge is 0.455 e. The molecule has 3 unspecified atom stereocenters. The second kappa shape index (κ2) is 19.1. The van der Waals surface area contributed by atoms with Gasteiger partial charge in [-0.15, -0.1) is 0 Å². The van der Waals surface area contributed by atoms with Gasteiger partial charge in [-0.05, 0) is 94.6 Å². The van der Waals surface area contributed by atoms with Crippen molar-refractivity contribution >= 4 is 47.3 Å². The van der Waals surface area contributed by atoms with Crippen LogP contribution in [-0.2, 0) is 47.8 Å². The van der Waals surface area contributed by atoms with Crippen LogP contribution < -0.4 is 16.0 Å². The molecule has 0 bridgehead atoms. The van der Waals surface area contributed by atoms with Crippen molar-refractivity contribution in [2.45, 2.75) is 168 Å². The van der Waals surface area contributed by atoms with Crippen molar-refractivity contribution < 1.29 is 58.0 Å². The van der Waals surface area contributed by atoms with Crippen LogP contribution in [0.2, 0.25) is 0 Å². The second-order valence-electron chi connectivity index (χ2n) is 19.2. The Labute approximate surface area is 364 Å². The van der Waals surface area contributed by atoms with Crippen molar-refractivity contribution in [1.82, 2.24) is 20.9 Å². The van der Waals surface area contributed by atoms with E-state index in [0.717, 1.165) is 12.0 Å². The molecule has 0 aromatic carbocycles. The number of hydrogen-bond donors (Lipinski definition) is 5. The zero-order valence-corrected chi connectivity index (χ0v) is 37.8. The lowest BCUT2D eigenvalue weighted by Gasteiger charge is -2.61. The zero-order valence-electron chi connectivity index (χ0n) is 37.8. The molecule has 344 valence electrons. The maximum absolute atomic E-state index is 14.0. The SMILES string of the molecule is CCCCC(=O)N[C@@H](C)C(=O)N[C@@H](C)C(=O)N1CCC[C@@H]1C(=O)N[C@H](C(=O)OC(=O)C(O)[C@@]1(OC(=O)CC)CC[C@H]2[C@@H]3CC(C)C4=CC(=O)C=C[C@]4(C)[C@H]3C(O)C[C@@]21C)C(C)C. The average Bonchev–Trinajstić information content (AvgIpc) is 3.81. The molecule has 0 aromatic heterocycles. The third-order valence-corrected chi connectivity index (χ3v) is 14.8.